The Kier molecular flexibility index (Phi) is 6.09. The molecule has 2 atom stereocenters. The second-order valence-electron chi connectivity index (χ2n) is 5.38. The molecule has 1 heterocycles. The van der Waals surface area contributed by atoms with Crippen molar-refractivity contribution in [2.45, 2.75) is 39.3 Å². The van der Waals surface area contributed by atoms with Gasteiger partial charge in [-0.05, 0) is 33.4 Å². The first kappa shape index (κ1) is 14.6. The van der Waals surface area contributed by atoms with Crippen molar-refractivity contribution < 1.29 is 0 Å². The minimum Gasteiger partial charge on any atom is -0.308 e. The highest BCUT2D eigenvalue weighted by atomic mass is 32.1. The predicted molar refractivity (Wildman–Crippen MR) is 75.5 cm³/mol. The fourth-order valence-electron chi connectivity index (χ4n) is 2.08. The van der Waals surface area contributed by atoms with E-state index >= 15 is 0 Å². The monoisotopic (exact) mass is 255 g/mol. The third-order valence-corrected chi connectivity index (χ3v) is 3.66. The van der Waals surface area contributed by atoms with E-state index in [-0.39, 0.29) is 0 Å². The van der Waals surface area contributed by atoms with Gasteiger partial charge in [0, 0.05) is 29.7 Å². The number of rotatable bonds is 7. The maximum Gasteiger partial charge on any atom is 0.0794 e. The molecule has 0 aliphatic heterocycles. The Bertz CT molecular complexity index is 286. The first-order valence-corrected chi connectivity index (χ1v) is 7.16. The predicted octanol–water partition coefficient (Wildman–Crippen LogP) is 2.77. The summed E-state index contributed by atoms with van der Waals surface area (Å²) in [5.74, 6) is 0.723. The lowest BCUT2D eigenvalue weighted by Crippen LogP contribution is -2.40. The lowest BCUT2D eigenvalue weighted by atomic mass is 10.0. The van der Waals surface area contributed by atoms with Crippen LogP contribution in [0.3, 0.4) is 0 Å². The summed E-state index contributed by atoms with van der Waals surface area (Å²) in [6, 6.07) is 0.938. The minimum absolute atomic E-state index is 0.395. The Morgan fingerprint density at radius 1 is 1.35 bits per heavy atom. The van der Waals surface area contributed by atoms with Crippen molar-refractivity contribution in [2.24, 2.45) is 5.92 Å². The van der Waals surface area contributed by atoms with Crippen LogP contribution in [0.5, 0.6) is 0 Å². The average Bonchev–Trinajstić information content (AvgIpc) is 2.67. The van der Waals surface area contributed by atoms with Crippen molar-refractivity contribution >= 4 is 11.3 Å². The first-order valence-electron chi connectivity index (χ1n) is 6.28. The van der Waals surface area contributed by atoms with Crippen LogP contribution < -0.4 is 5.32 Å². The lowest BCUT2D eigenvalue weighted by Gasteiger charge is -2.26. The second kappa shape index (κ2) is 7.09. The maximum atomic E-state index is 4.14. The highest BCUT2D eigenvalue weighted by molar-refractivity contribution is 7.09. The molecule has 0 aliphatic rings. The van der Waals surface area contributed by atoms with Gasteiger partial charge in [0.05, 0.1) is 5.51 Å². The Morgan fingerprint density at radius 3 is 2.53 bits per heavy atom. The van der Waals surface area contributed by atoms with Crippen LogP contribution >= 0.6 is 11.3 Å². The van der Waals surface area contributed by atoms with Gasteiger partial charge in [0.2, 0.25) is 0 Å². The van der Waals surface area contributed by atoms with Gasteiger partial charge >= 0.3 is 0 Å². The summed E-state index contributed by atoms with van der Waals surface area (Å²) >= 11 is 1.72. The summed E-state index contributed by atoms with van der Waals surface area (Å²) in [4.78, 5) is 7.71. The average molecular weight is 255 g/mol. The molecule has 2 unspecified atom stereocenters. The number of nitrogens with zero attached hydrogens (tertiary/aromatic N) is 2. The molecule has 98 valence electrons. The van der Waals surface area contributed by atoms with Crippen molar-refractivity contribution in [1.82, 2.24) is 15.2 Å². The summed E-state index contributed by atoms with van der Waals surface area (Å²) in [7, 11) is 4.26. The first-order chi connectivity index (χ1) is 7.99. The zero-order valence-corrected chi connectivity index (χ0v) is 12.4. The van der Waals surface area contributed by atoms with Crippen molar-refractivity contribution in [1.29, 1.82) is 0 Å². The van der Waals surface area contributed by atoms with Crippen LogP contribution in [0.4, 0.5) is 0 Å². The molecular weight excluding hydrogens is 230 g/mol. The van der Waals surface area contributed by atoms with Crippen molar-refractivity contribution in [2.75, 3.05) is 20.6 Å². The number of likely N-dealkylation sites (N-methyl/N-ethyl adjacent to an activating group) is 1. The molecule has 1 rings (SSSR count). The zero-order valence-electron chi connectivity index (χ0n) is 11.6. The van der Waals surface area contributed by atoms with Gasteiger partial charge in [-0.1, -0.05) is 13.8 Å². The molecule has 0 spiro atoms. The van der Waals surface area contributed by atoms with Gasteiger partial charge in [-0.2, -0.15) is 0 Å². The lowest BCUT2D eigenvalue weighted by molar-refractivity contribution is 0.291. The van der Waals surface area contributed by atoms with Crippen LogP contribution in [0.1, 0.15) is 38.1 Å². The van der Waals surface area contributed by atoms with E-state index in [1.807, 2.05) is 11.7 Å². The van der Waals surface area contributed by atoms with E-state index in [0.717, 1.165) is 12.5 Å². The zero-order chi connectivity index (χ0) is 12.8. The Balaban J connectivity index is 2.52. The van der Waals surface area contributed by atoms with E-state index < -0.39 is 0 Å². The van der Waals surface area contributed by atoms with Gasteiger partial charge in [0.25, 0.3) is 0 Å². The van der Waals surface area contributed by atoms with Gasteiger partial charge in [0.15, 0.2) is 0 Å². The summed E-state index contributed by atoms with van der Waals surface area (Å²) < 4.78 is 0. The molecule has 1 aromatic rings. The van der Waals surface area contributed by atoms with Crippen LogP contribution in [-0.2, 0) is 0 Å². The second-order valence-corrected chi connectivity index (χ2v) is 6.30. The molecule has 3 nitrogen and oxygen atoms in total. The van der Waals surface area contributed by atoms with Crippen LogP contribution in [-0.4, -0.2) is 36.6 Å². The molecule has 1 N–H and O–H groups in total. The molecule has 0 aromatic carbocycles. The fraction of sp³-hybridized carbons (Fsp3) is 0.769. The quantitative estimate of drug-likeness (QED) is 0.812. The molecule has 0 saturated carbocycles. The van der Waals surface area contributed by atoms with Crippen LogP contribution in [0.15, 0.2) is 11.7 Å². The van der Waals surface area contributed by atoms with E-state index in [9.17, 15) is 0 Å². The normalized spacial score (nSPS) is 15.5. The van der Waals surface area contributed by atoms with Crippen molar-refractivity contribution in [3.63, 3.8) is 0 Å². The SMILES string of the molecule is CC(C)CC(CN(C)C)NC(C)c1cncs1. The smallest absolute Gasteiger partial charge is 0.0794 e. The third-order valence-electron chi connectivity index (χ3n) is 2.71. The molecule has 0 fully saturated rings. The highest BCUT2D eigenvalue weighted by Gasteiger charge is 2.16. The van der Waals surface area contributed by atoms with Gasteiger partial charge < -0.3 is 10.2 Å². The molecule has 4 heteroatoms. The summed E-state index contributed by atoms with van der Waals surface area (Å²) in [6.45, 7) is 7.86. The molecule has 0 bridgehead atoms. The molecular formula is C13H25N3S. The number of thiazole rings is 1. The maximum absolute atomic E-state index is 4.14. The number of aromatic nitrogens is 1. The van der Waals surface area contributed by atoms with E-state index in [0.29, 0.717) is 12.1 Å². The summed E-state index contributed by atoms with van der Waals surface area (Å²) in [6.07, 6.45) is 3.17. The molecule has 0 aliphatic carbocycles. The topological polar surface area (TPSA) is 28.2 Å². The van der Waals surface area contributed by atoms with Crippen molar-refractivity contribution in [3.8, 4) is 0 Å². The van der Waals surface area contributed by atoms with Gasteiger partial charge in [-0.25, -0.2) is 0 Å². The summed E-state index contributed by atoms with van der Waals surface area (Å²) in [5, 5.41) is 3.71. The van der Waals surface area contributed by atoms with Gasteiger partial charge in [-0.3, -0.25) is 4.98 Å². The van der Waals surface area contributed by atoms with E-state index in [1.165, 1.54) is 11.3 Å². The molecule has 0 saturated heterocycles. The van der Waals surface area contributed by atoms with Crippen LogP contribution in [0, 0.1) is 5.92 Å². The van der Waals surface area contributed by atoms with Gasteiger partial charge in [0.1, 0.15) is 0 Å². The van der Waals surface area contributed by atoms with E-state index in [1.54, 1.807) is 11.3 Å². The highest BCUT2D eigenvalue weighted by Crippen LogP contribution is 2.18. The molecule has 0 amide bonds. The molecule has 1 aromatic heterocycles. The van der Waals surface area contributed by atoms with Crippen molar-refractivity contribution in [3.05, 3.63) is 16.6 Å². The third kappa shape index (κ3) is 5.61. The van der Waals surface area contributed by atoms with E-state index in [4.69, 9.17) is 0 Å². The minimum atomic E-state index is 0.395. The number of hydrogen-bond donors (Lipinski definition) is 1. The molecule has 0 radical (unpaired) electrons. The standard InChI is InChI=1S/C13H25N3S/c1-10(2)6-12(8-16(4)5)15-11(3)13-7-14-9-17-13/h7,9-12,15H,6,8H2,1-5H3. The van der Waals surface area contributed by atoms with Gasteiger partial charge in [-0.15, -0.1) is 11.3 Å². The fourth-order valence-corrected chi connectivity index (χ4v) is 2.72. The number of nitrogens with one attached hydrogen (secondary N) is 1. The van der Waals surface area contributed by atoms with Crippen LogP contribution in [0.25, 0.3) is 0 Å². The van der Waals surface area contributed by atoms with Crippen LogP contribution in [0.2, 0.25) is 0 Å². The Hall–Kier alpha value is -0.450. The Labute approximate surface area is 109 Å². The number of hydrogen-bond acceptors (Lipinski definition) is 4. The van der Waals surface area contributed by atoms with E-state index in [2.05, 4.69) is 50.1 Å². The Morgan fingerprint density at radius 2 is 2.06 bits per heavy atom. The largest absolute Gasteiger partial charge is 0.308 e. The summed E-state index contributed by atoms with van der Waals surface area (Å²) in [5.41, 5.74) is 1.90. The molecule has 17 heavy (non-hydrogen) atoms.